The highest BCUT2D eigenvalue weighted by molar-refractivity contribution is 5.95. The van der Waals surface area contributed by atoms with Gasteiger partial charge in [-0.2, -0.15) is 0 Å². The van der Waals surface area contributed by atoms with Gasteiger partial charge in [0.2, 0.25) is 0 Å². The second-order valence-electron chi connectivity index (χ2n) is 7.69. The molecular weight excluding hydrogens is 372 g/mol. The molecule has 0 atom stereocenters. The van der Waals surface area contributed by atoms with Crippen LogP contribution in [-0.4, -0.2) is 36.5 Å². The zero-order chi connectivity index (χ0) is 20.6. The van der Waals surface area contributed by atoms with E-state index in [1.165, 1.54) is 5.56 Å². The standard InChI is InChI=1S/C26H28N2O2/c29-26(21-30-25-14-8-3-9-15-25)28(23-12-6-2-7-13-23)24-16-18-27(19-17-24)20-22-10-4-1-5-11-22/h1-15,24H,16-21H2. The number of carbonyl (C=O) groups excluding carboxylic acids is 1. The maximum absolute atomic E-state index is 13.2. The number of para-hydroxylation sites is 2. The maximum Gasteiger partial charge on any atom is 0.265 e. The molecule has 1 aliphatic rings. The molecule has 30 heavy (non-hydrogen) atoms. The number of hydrogen-bond donors (Lipinski definition) is 0. The molecule has 1 aliphatic heterocycles. The Hall–Kier alpha value is -3.11. The summed E-state index contributed by atoms with van der Waals surface area (Å²) in [6.07, 6.45) is 1.91. The number of rotatable bonds is 7. The minimum Gasteiger partial charge on any atom is -0.484 e. The lowest BCUT2D eigenvalue weighted by atomic mass is 10.0. The molecule has 4 nitrogen and oxygen atoms in total. The third kappa shape index (κ3) is 5.28. The van der Waals surface area contributed by atoms with Crippen molar-refractivity contribution in [2.75, 3.05) is 24.6 Å². The molecule has 0 spiro atoms. The van der Waals surface area contributed by atoms with Gasteiger partial charge in [-0.15, -0.1) is 0 Å². The van der Waals surface area contributed by atoms with E-state index < -0.39 is 0 Å². The van der Waals surface area contributed by atoms with Gasteiger partial charge in [-0.3, -0.25) is 9.69 Å². The van der Waals surface area contributed by atoms with Crippen LogP contribution < -0.4 is 9.64 Å². The number of likely N-dealkylation sites (tertiary alicyclic amines) is 1. The largest absolute Gasteiger partial charge is 0.484 e. The van der Waals surface area contributed by atoms with Crippen LogP contribution in [0.4, 0.5) is 5.69 Å². The summed E-state index contributed by atoms with van der Waals surface area (Å²) in [4.78, 5) is 17.6. The average molecular weight is 401 g/mol. The molecule has 0 saturated carbocycles. The summed E-state index contributed by atoms with van der Waals surface area (Å²) in [5.74, 6) is 0.725. The molecule has 4 heteroatoms. The molecule has 1 saturated heterocycles. The van der Waals surface area contributed by atoms with Crippen molar-refractivity contribution in [3.05, 3.63) is 96.6 Å². The summed E-state index contributed by atoms with van der Waals surface area (Å²) in [5.41, 5.74) is 2.28. The highest BCUT2D eigenvalue weighted by Gasteiger charge is 2.29. The van der Waals surface area contributed by atoms with Crippen LogP contribution in [0, 0.1) is 0 Å². The first-order valence-corrected chi connectivity index (χ1v) is 10.6. The molecule has 0 radical (unpaired) electrons. The Balaban J connectivity index is 1.41. The molecule has 4 rings (SSSR count). The highest BCUT2D eigenvalue weighted by Crippen LogP contribution is 2.25. The van der Waals surface area contributed by atoms with Gasteiger partial charge in [-0.05, 0) is 42.7 Å². The van der Waals surface area contributed by atoms with Crippen molar-refractivity contribution in [2.24, 2.45) is 0 Å². The van der Waals surface area contributed by atoms with Crippen LogP contribution >= 0.6 is 0 Å². The summed E-state index contributed by atoms with van der Waals surface area (Å²) in [7, 11) is 0. The Bertz CT molecular complexity index is 908. The highest BCUT2D eigenvalue weighted by atomic mass is 16.5. The molecule has 0 aromatic heterocycles. The molecule has 0 unspecified atom stereocenters. The third-order valence-corrected chi connectivity index (χ3v) is 5.58. The quantitative estimate of drug-likeness (QED) is 0.573. The lowest BCUT2D eigenvalue weighted by Crippen LogP contribution is -2.49. The second-order valence-corrected chi connectivity index (χ2v) is 7.69. The van der Waals surface area contributed by atoms with Gasteiger partial charge in [-0.25, -0.2) is 0 Å². The van der Waals surface area contributed by atoms with Crippen molar-refractivity contribution < 1.29 is 9.53 Å². The number of carbonyl (C=O) groups is 1. The van der Waals surface area contributed by atoms with E-state index >= 15 is 0 Å². The Morgan fingerprint density at radius 3 is 2.03 bits per heavy atom. The van der Waals surface area contributed by atoms with Crippen LogP contribution in [0.15, 0.2) is 91.0 Å². The van der Waals surface area contributed by atoms with E-state index in [0.29, 0.717) is 0 Å². The summed E-state index contributed by atoms with van der Waals surface area (Å²) in [5, 5.41) is 0. The second kappa shape index (κ2) is 10.1. The average Bonchev–Trinajstić information content (AvgIpc) is 2.81. The molecule has 1 amide bonds. The Morgan fingerprint density at radius 1 is 0.833 bits per heavy atom. The first-order valence-electron chi connectivity index (χ1n) is 10.6. The van der Waals surface area contributed by atoms with E-state index in [0.717, 1.165) is 43.9 Å². The zero-order valence-corrected chi connectivity index (χ0v) is 17.2. The van der Waals surface area contributed by atoms with E-state index in [9.17, 15) is 4.79 Å². The Labute approximate surface area is 178 Å². The molecule has 0 aliphatic carbocycles. The summed E-state index contributed by atoms with van der Waals surface area (Å²) >= 11 is 0. The topological polar surface area (TPSA) is 32.8 Å². The van der Waals surface area contributed by atoms with E-state index in [2.05, 4.69) is 35.2 Å². The Morgan fingerprint density at radius 2 is 1.40 bits per heavy atom. The number of nitrogens with zero attached hydrogens (tertiary/aromatic N) is 2. The van der Waals surface area contributed by atoms with Gasteiger partial charge in [0, 0.05) is 31.4 Å². The lowest BCUT2D eigenvalue weighted by molar-refractivity contribution is -0.121. The minimum absolute atomic E-state index is 0.00608. The number of hydrogen-bond acceptors (Lipinski definition) is 3. The van der Waals surface area contributed by atoms with E-state index in [4.69, 9.17) is 4.74 Å². The van der Waals surface area contributed by atoms with Gasteiger partial charge in [0.25, 0.3) is 5.91 Å². The van der Waals surface area contributed by atoms with Crippen molar-refractivity contribution >= 4 is 11.6 Å². The predicted molar refractivity (Wildman–Crippen MR) is 121 cm³/mol. The Kier molecular flexibility index (Phi) is 6.78. The third-order valence-electron chi connectivity index (χ3n) is 5.58. The van der Waals surface area contributed by atoms with Crippen LogP contribution in [0.5, 0.6) is 5.75 Å². The fourth-order valence-electron chi connectivity index (χ4n) is 4.06. The minimum atomic E-state index is 0.00608. The van der Waals surface area contributed by atoms with E-state index in [1.807, 2.05) is 65.6 Å². The number of ether oxygens (including phenoxy) is 1. The SMILES string of the molecule is O=C(COc1ccccc1)N(c1ccccc1)C1CCN(Cc2ccccc2)CC1. The first kappa shape index (κ1) is 20.2. The molecular formula is C26H28N2O2. The van der Waals surface area contributed by atoms with Gasteiger partial charge in [-0.1, -0.05) is 66.7 Å². The van der Waals surface area contributed by atoms with Crippen LogP contribution in [0.25, 0.3) is 0 Å². The molecule has 3 aromatic carbocycles. The summed E-state index contributed by atoms with van der Waals surface area (Å²) in [6.45, 7) is 2.97. The predicted octanol–water partition coefficient (Wildman–Crippen LogP) is 4.76. The smallest absolute Gasteiger partial charge is 0.265 e. The molecule has 0 N–H and O–H groups in total. The van der Waals surface area contributed by atoms with Gasteiger partial charge >= 0.3 is 0 Å². The maximum atomic E-state index is 13.2. The first-order chi connectivity index (χ1) is 14.8. The number of anilines is 1. The van der Waals surface area contributed by atoms with Crippen molar-refractivity contribution in [1.82, 2.24) is 4.90 Å². The van der Waals surface area contributed by atoms with Gasteiger partial charge in [0.1, 0.15) is 5.75 Å². The number of piperidine rings is 1. The molecule has 3 aromatic rings. The fraction of sp³-hybridized carbons (Fsp3) is 0.269. The number of benzene rings is 3. The molecule has 154 valence electrons. The van der Waals surface area contributed by atoms with Crippen molar-refractivity contribution in [2.45, 2.75) is 25.4 Å². The summed E-state index contributed by atoms with van der Waals surface area (Å²) < 4.78 is 5.76. The normalized spacial score (nSPS) is 14.9. The molecule has 1 fully saturated rings. The lowest BCUT2D eigenvalue weighted by Gasteiger charge is -2.38. The van der Waals surface area contributed by atoms with Crippen molar-refractivity contribution in [1.29, 1.82) is 0 Å². The monoisotopic (exact) mass is 400 g/mol. The zero-order valence-electron chi connectivity index (χ0n) is 17.2. The summed E-state index contributed by atoms with van der Waals surface area (Å²) in [6, 6.07) is 30.3. The van der Waals surface area contributed by atoms with Gasteiger partial charge in [0.15, 0.2) is 6.61 Å². The fourth-order valence-corrected chi connectivity index (χ4v) is 4.06. The van der Waals surface area contributed by atoms with Crippen LogP contribution in [-0.2, 0) is 11.3 Å². The van der Waals surface area contributed by atoms with Gasteiger partial charge < -0.3 is 9.64 Å². The molecule has 1 heterocycles. The van der Waals surface area contributed by atoms with E-state index in [1.54, 1.807) is 0 Å². The van der Waals surface area contributed by atoms with Gasteiger partial charge in [0.05, 0.1) is 0 Å². The number of amides is 1. The van der Waals surface area contributed by atoms with Crippen molar-refractivity contribution in [3.63, 3.8) is 0 Å². The van der Waals surface area contributed by atoms with Crippen LogP contribution in [0.1, 0.15) is 18.4 Å². The van der Waals surface area contributed by atoms with Crippen LogP contribution in [0.2, 0.25) is 0 Å². The van der Waals surface area contributed by atoms with Crippen molar-refractivity contribution in [3.8, 4) is 5.75 Å². The van der Waals surface area contributed by atoms with E-state index in [-0.39, 0.29) is 18.6 Å². The molecule has 0 bridgehead atoms. The van der Waals surface area contributed by atoms with Crippen LogP contribution in [0.3, 0.4) is 0 Å².